The molecule has 0 bridgehead atoms. The Morgan fingerprint density at radius 1 is 1.57 bits per heavy atom. The van der Waals surface area contributed by atoms with Crippen molar-refractivity contribution in [3.63, 3.8) is 0 Å². The van der Waals surface area contributed by atoms with Gasteiger partial charge in [-0.05, 0) is 19.3 Å². The molecule has 0 aromatic carbocycles. The maximum Gasteiger partial charge on any atom is 0.0240 e. The maximum absolute atomic E-state index is 5.67. The van der Waals surface area contributed by atoms with Crippen LogP contribution in [0.25, 0.3) is 0 Å². The molecule has 0 amide bonds. The first-order valence-corrected chi connectivity index (χ1v) is 3.15. The van der Waals surface area contributed by atoms with Crippen LogP contribution in [0.1, 0.15) is 19.3 Å². The number of alkyl halides is 1. The summed E-state index contributed by atoms with van der Waals surface area (Å²) in [5.41, 5.74) is 5.84. The van der Waals surface area contributed by atoms with Crippen LogP contribution >= 0.6 is 11.6 Å². The monoisotopic (exact) mass is 119 g/mol. The Labute approximate surface area is 48.8 Å². The van der Waals surface area contributed by atoms with Gasteiger partial charge in [0.15, 0.2) is 0 Å². The van der Waals surface area contributed by atoms with Gasteiger partial charge >= 0.3 is 0 Å². The highest BCUT2D eigenvalue weighted by atomic mass is 35.5. The molecule has 0 atom stereocenters. The average Bonchev–Trinajstić information content (AvgIpc) is 2.22. The third-order valence-electron chi connectivity index (χ3n) is 1.48. The minimum absolute atomic E-state index is 0.168. The van der Waals surface area contributed by atoms with Crippen LogP contribution in [-0.4, -0.2) is 11.4 Å². The lowest BCUT2D eigenvalue weighted by molar-refractivity contribution is 0.654. The SMILES string of the molecule is NC1(CCCl)CC1. The third kappa shape index (κ3) is 1.32. The van der Waals surface area contributed by atoms with Crippen LogP contribution in [0.15, 0.2) is 0 Å². The van der Waals surface area contributed by atoms with Crippen molar-refractivity contribution in [2.45, 2.75) is 24.8 Å². The molecule has 1 nitrogen and oxygen atoms in total. The Morgan fingerprint density at radius 3 is 2.29 bits per heavy atom. The highest BCUT2D eigenvalue weighted by Gasteiger charge is 2.36. The molecule has 1 saturated carbocycles. The molecule has 2 heteroatoms. The summed E-state index contributed by atoms with van der Waals surface area (Å²) in [7, 11) is 0. The van der Waals surface area contributed by atoms with E-state index in [0.29, 0.717) is 0 Å². The van der Waals surface area contributed by atoms with Crippen molar-refractivity contribution in [2.75, 3.05) is 5.88 Å². The van der Waals surface area contributed by atoms with Gasteiger partial charge in [0.05, 0.1) is 0 Å². The topological polar surface area (TPSA) is 26.0 Å². The average molecular weight is 120 g/mol. The van der Waals surface area contributed by atoms with Crippen molar-refractivity contribution in [2.24, 2.45) is 5.73 Å². The van der Waals surface area contributed by atoms with Crippen molar-refractivity contribution in [3.8, 4) is 0 Å². The van der Waals surface area contributed by atoms with Crippen LogP contribution in [0.4, 0.5) is 0 Å². The fraction of sp³-hybridized carbons (Fsp3) is 1.00. The molecular weight excluding hydrogens is 110 g/mol. The van der Waals surface area contributed by atoms with Crippen molar-refractivity contribution in [1.82, 2.24) is 0 Å². The smallest absolute Gasteiger partial charge is 0.0240 e. The van der Waals surface area contributed by atoms with Crippen LogP contribution in [0.3, 0.4) is 0 Å². The molecule has 0 heterocycles. The molecule has 1 rings (SSSR count). The van der Waals surface area contributed by atoms with E-state index in [9.17, 15) is 0 Å². The molecule has 0 unspecified atom stereocenters. The van der Waals surface area contributed by atoms with Crippen LogP contribution in [-0.2, 0) is 0 Å². The first-order chi connectivity index (χ1) is 3.27. The maximum atomic E-state index is 5.67. The minimum Gasteiger partial charge on any atom is -0.325 e. The highest BCUT2D eigenvalue weighted by molar-refractivity contribution is 6.17. The van der Waals surface area contributed by atoms with Crippen molar-refractivity contribution >= 4 is 11.6 Å². The second-order valence-electron chi connectivity index (χ2n) is 2.30. The lowest BCUT2D eigenvalue weighted by atomic mass is 10.2. The first kappa shape index (κ1) is 5.39. The molecule has 0 aromatic rings. The van der Waals surface area contributed by atoms with Gasteiger partial charge in [0.25, 0.3) is 0 Å². The molecule has 0 aromatic heterocycles. The van der Waals surface area contributed by atoms with Crippen LogP contribution in [0.2, 0.25) is 0 Å². The summed E-state index contributed by atoms with van der Waals surface area (Å²) in [4.78, 5) is 0. The molecule has 1 fully saturated rings. The van der Waals surface area contributed by atoms with Gasteiger partial charge in [-0.15, -0.1) is 11.6 Å². The van der Waals surface area contributed by atoms with E-state index in [-0.39, 0.29) is 5.54 Å². The van der Waals surface area contributed by atoms with Gasteiger partial charge < -0.3 is 5.73 Å². The van der Waals surface area contributed by atoms with Gasteiger partial charge in [0.2, 0.25) is 0 Å². The Bertz CT molecular complexity index is 68.5. The third-order valence-corrected chi connectivity index (χ3v) is 1.67. The summed E-state index contributed by atoms with van der Waals surface area (Å²) in [6.45, 7) is 0. The van der Waals surface area contributed by atoms with E-state index in [2.05, 4.69) is 0 Å². The lowest BCUT2D eigenvalue weighted by Crippen LogP contribution is -2.21. The normalized spacial score (nSPS) is 24.9. The van der Waals surface area contributed by atoms with Crippen molar-refractivity contribution in [1.29, 1.82) is 0 Å². The fourth-order valence-electron chi connectivity index (χ4n) is 0.599. The largest absolute Gasteiger partial charge is 0.325 e. The van der Waals surface area contributed by atoms with E-state index >= 15 is 0 Å². The van der Waals surface area contributed by atoms with Crippen LogP contribution < -0.4 is 5.73 Å². The number of hydrogen-bond donors (Lipinski definition) is 1. The summed E-state index contributed by atoms with van der Waals surface area (Å²) in [6.07, 6.45) is 3.36. The summed E-state index contributed by atoms with van der Waals surface area (Å²) in [5.74, 6) is 0.719. The zero-order valence-electron chi connectivity index (χ0n) is 4.28. The number of rotatable bonds is 2. The van der Waals surface area contributed by atoms with Crippen LogP contribution in [0.5, 0.6) is 0 Å². The van der Waals surface area contributed by atoms with E-state index < -0.39 is 0 Å². The summed E-state index contributed by atoms with van der Waals surface area (Å²) in [5, 5.41) is 0. The second-order valence-corrected chi connectivity index (χ2v) is 2.68. The Morgan fingerprint density at radius 2 is 2.14 bits per heavy atom. The van der Waals surface area contributed by atoms with E-state index in [1.807, 2.05) is 0 Å². The lowest BCUT2D eigenvalue weighted by Gasteiger charge is -2.01. The molecule has 7 heavy (non-hydrogen) atoms. The number of halogens is 1. The van der Waals surface area contributed by atoms with E-state index in [1.165, 1.54) is 12.8 Å². The molecule has 0 saturated heterocycles. The first-order valence-electron chi connectivity index (χ1n) is 2.62. The highest BCUT2D eigenvalue weighted by Crippen LogP contribution is 2.35. The van der Waals surface area contributed by atoms with Gasteiger partial charge in [0.1, 0.15) is 0 Å². The molecule has 0 aliphatic heterocycles. The Kier molecular flexibility index (Phi) is 1.26. The molecule has 0 radical (unpaired) electrons. The molecule has 0 spiro atoms. The summed E-state index contributed by atoms with van der Waals surface area (Å²) >= 11 is 5.45. The van der Waals surface area contributed by atoms with Crippen molar-refractivity contribution < 1.29 is 0 Å². The Hall–Kier alpha value is 0.250. The fourth-order valence-corrected chi connectivity index (χ4v) is 0.975. The number of hydrogen-bond acceptors (Lipinski definition) is 1. The Balaban J connectivity index is 2.13. The van der Waals surface area contributed by atoms with Crippen LogP contribution in [0, 0.1) is 0 Å². The molecule has 1 aliphatic carbocycles. The van der Waals surface area contributed by atoms with Crippen molar-refractivity contribution in [3.05, 3.63) is 0 Å². The second kappa shape index (κ2) is 1.64. The van der Waals surface area contributed by atoms with Gasteiger partial charge in [-0.1, -0.05) is 0 Å². The zero-order valence-corrected chi connectivity index (χ0v) is 5.04. The summed E-state index contributed by atoms with van der Waals surface area (Å²) in [6, 6.07) is 0. The zero-order chi connectivity index (χ0) is 5.33. The van der Waals surface area contributed by atoms with Gasteiger partial charge in [-0.25, -0.2) is 0 Å². The van der Waals surface area contributed by atoms with Gasteiger partial charge in [-0.3, -0.25) is 0 Å². The molecule has 42 valence electrons. The standard InChI is InChI=1S/C5H10ClN/c6-4-3-5(7)1-2-5/h1-4,7H2. The summed E-state index contributed by atoms with van der Waals surface area (Å²) < 4.78 is 0. The number of nitrogens with two attached hydrogens (primary N) is 1. The molecular formula is C5H10ClN. The van der Waals surface area contributed by atoms with E-state index in [0.717, 1.165) is 12.3 Å². The van der Waals surface area contributed by atoms with Gasteiger partial charge in [0, 0.05) is 11.4 Å². The minimum atomic E-state index is 0.168. The van der Waals surface area contributed by atoms with E-state index in [4.69, 9.17) is 17.3 Å². The predicted octanol–water partition coefficient (Wildman–Crippen LogP) is 1.11. The van der Waals surface area contributed by atoms with E-state index in [1.54, 1.807) is 0 Å². The predicted molar refractivity (Wildman–Crippen MR) is 31.5 cm³/mol. The quantitative estimate of drug-likeness (QED) is 0.542. The molecule has 2 N–H and O–H groups in total. The van der Waals surface area contributed by atoms with Gasteiger partial charge in [-0.2, -0.15) is 0 Å². The molecule has 1 aliphatic rings.